The minimum absolute atomic E-state index is 0.137. The van der Waals surface area contributed by atoms with E-state index in [4.69, 9.17) is 0 Å². The third kappa shape index (κ3) is 6.06. The zero-order chi connectivity index (χ0) is 24.7. The summed E-state index contributed by atoms with van der Waals surface area (Å²) in [5, 5.41) is 7.86. The summed E-state index contributed by atoms with van der Waals surface area (Å²) < 4.78 is 27.9. The molecule has 1 atom stereocenters. The van der Waals surface area contributed by atoms with Crippen molar-refractivity contribution in [2.45, 2.75) is 30.9 Å². The molecule has 1 aliphatic rings. The van der Waals surface area contributed by atoms with Crippen LogP contribution in [0.3, 0.4) is 0 Å². The van der Waals surface area contributed by atoms with Crippen molar-refractivity contribution in [1.82, 2.24) is 9.79 Å². The second kappa shape index (κ2) is 11.4. The molecule has 1 heterocycles. The fourth-order valence-electron chi connectivity index (χ4n) is 4.45. The molecular formula is C28H30N2O4S. The Morgan fingerprint density at radius 1 is 0.886 bits per heavy atom. The SMILES string of the molecule is O=C(NO)[C@@H](CCCc1ccccc1)S(=O)(=O)N1CC=C(c2ccc(-c3ccccc3)cc2)CC1. The van der Waals surface area contributed by atoms with Gasteiger partial charge in [-0.2, -0.15) is 4.31 Å². The van der Waals surface area contributed by atoms with Crippen molar-refractivity contribution >= 4 is 21.5 Å². The van der Waals surface area contributed by atoms with Crippen molar-refractivity contribution in [2.24, 2.45) is 0 Å². The van der Waals surface area contributed by atoms with Crippen LogP contribution in [0.1, 0.15) is 30.4 Å². The van der Waals surface area contributed by atoms with Gasteiger partial charge >= 0.3 is 0 Å². The second-order valence-electron chi connectivity index (χ2n) is 8.67. The highest BCUT2D eigenvalue weighted by Gasteiger charge is 2.37. The molecule has 7 heteroatoms. The Kier molecular flexibility index (Phi) is 8.13. The molecule has 0 aromatic heterocycles. The number of carbonyl (C=O) groups is 1. The molecule has 0 saturated carbocycles. The number of nitrogens with zero attached hydrogens (tertiary/aromatic N) is 1. The van der Waals surface area contributed by atoms with Crippen LogP contribution in [0, 0.1) is 0 Å². The van der Waals surface area contributed by atoms with Gasteiger partial charge in [-0.25, -0.2) is 13.9 Å². The summed E-state index contributed by atoms with van der Waals surface area (Å²) in [6.45, 7) is 0.495. The molecule has 0 aliphatic carbocycles. The van der Waals surface area contributed by atoms with E-state index in [9.17, 15) is 18.4 Å². The van der Waals surface area contributed by atoms with Crippen LogP contribution in [-0.2, 0) is 21.2 Å². The van der Waals surface area contributed by atoms with Crippen LogP contribution in [0.4, 0.5) is 0 Å². The van der Waals surface area contributed by atoms with Crippen molar-refractivity contribution in [3.8, 4) is 11.1 Å². The lowest BCUT2D eigenvalue weighted by Crippen LogP contribution is -2.47. The molecular weight excluding hydrogens is 460 g/mol. The number of hydroxylamine groups is 1. The highest BCUT2D eigenvalue weighted by Crippen LogP contribution is 2.28. The molecule has 1 amide bonds. The van der Waals surface area contributed by atoms with Gasteiger partial charge in [0.05, 0.1) is 0 Å². The van der Waals surface area contributed by atoms with Crippen molar-refractivity contribution in [2.75, 3.05) is 13.1 Å². The molecule has 35 heavy (non-hydrogen) atoms. The molecule has 0 bridgehead atoms. The fourth-order valence-corrected chi connectivity index (χ4v) is 6.23. The van der Waals surface area contributed by atoms with E-state index in [1.54, 1.807) is 5.48 Å². The summed E-state index contributed by atoms with van der Waals surface area (Å²) in [5.41, 5.74) is 7.06. The maximum Gasteiger partial charge on any atom is 0.263 e. The first-order valence-corrected chi connectivity index (χ1v) is 13.3. The van der Waals surface area contributed by atoms with Gasteiger partial charge in [-0.15, -0.1) is 0 Å². The molecule has 3 aromatic rings. The second-order valence-corrected chi connectivity index (χ2v) is 10.8. The van der Waals surface area contributed by atoms with E-state index in [-0.39, 0.29) is 13.0 Å². The van der Waals surface area contributed by atoms with Gasteiger partial charge in [-0.1, -0.05) is 91.0 Å². The quantitative estimate of drug-likeness (QED) is 0.337. The highest BCUT2D eigenvalue weighted by atomic mass is 32.2. The first-order chi connectivity index (χ1) is 17.0. The maximum absolute atomic E-state index is 13.3. The number of carbonyl (C=O) groups excluding carboxylic acids is 1. The van der Waals surface area contributed by atoms with Gasteiger partial charge in [0.25, 0.3) is 5.91 Å². The van der Waals surface area contributed by atoms with Gasteiger partial charge in [-0.3, -0.25) is 10.0 Å². The number of nitrogens with one attached hydrogen (secondary N) is 1. The predicted octanol–water partition coefficient (Wildman–Crippen LogP) is 4.67. The third-order valence-corrected chi connectivity index (χ3v) is 8.65. The molecule has 6 nitrogen and oxygen atoms in total. The molecule has 182 valence electrons. The Morgan fingerprint density at radius 3 is 2.09 bits per heavy atom. The summed E-state index contributed by atoms with van der Waals surface area (Å²) in [4.78, 5) is 12.3. The average Bonchev–Trinajstić information content (AvgIpc) is 2.92. The summed E-state index contributed by atoms with van der Waals surface area (Å²) in [7, 11) is -3.92. The molecule has 0 unspecified atom stereocenters. The molecule has 0 spiro atoms. The molecule has 1 aliphatic heterocycles. The minimum atomic E-state index is -3.92. The van der Waals surface area contributed by atoms with Crippen LogP contribution >= 0.6 is 0 Å². The van der Waals surface area contributed by atoms with Gasteiger partial charge < -0.3 is 0 Å². The molecule has 0 saturated heterocycles. The summed E-state index contributed by atoms with van der Waals surface area (Å²) >= 11 is 0. The van der Waals surface area contributed by atoms with Crippen LogP contribution < -0.4 is 5.48 Å². The van der Waals surface area contributed by atoms with E-state index in [0.717, 1.165) is 27.8 Å². The average molecular weight is 491 g/mol. The Balaban J connectivity index is 1.42. The normalized spacial score (nSPS) is 15.3. The minimum Gasteiger partial charge on any atom is -0.289 e. The number of sulfonamides is 1. The van der Waals surface area contributed by atoms with E-state index in [1.807, 2.05) is 54.6 Å². The summed E-state index contributed by atoms with van der Waals surface area (Å²) in [6, 6.07) is 28.1. The van der Waals surface area contributed by atoms with E-state index in [1.165, 1.54) is 4.31 Å². The number of amides is 1. The van der Waals surface area contributed by atoms with Crippen molar-refractivity contribution in [1.29, 1.82) is 0 Å². The van der Waals surface area contributed by atoms with Crippen LogP contribution in [-0.4, -0.2) is 42.2 Å². The standard InChI is InChI=1S/C28H30N2O4S/c31-28(29-32)27(13-7-10-22-8-3-1-4-9-22)35(33,34)30-20-18-26(19-21-30)25-16-14-24(15-17-25)23-11-5-2-6-12-23/h1-6,8-9,11-12,14-18,27,32H,7,10,13,19-21H2,(H,29,31)/t27-/m1/s1. The zero-order valence-corrected chi connectivity index (χ0v) is 20.3. The van der Waals surface area contributed by atoms with Gasteiger partial charge in [0.2, 0.25) is 10.0 Å². The topological polar surface area (TPSA) is 86.7 Å². The Hall–Kier alpha value is -3.26. The summed E-state index contributed by atoms with van der Waals surface area (Å²) in [6.07, 6.45) is 3.79. The molecule has 2 N–H and O–H groups in total. The van der Waals surface area contributed by atoms with Gasteiger partial charge in [0.15, 0.2) is 5.25 Å². The van der Waals surface area contributed by atoms with E-state index < -0.39 is 21.2 Å². The molecule has 3 aromatic carbocycles. The number of rotatable bonds is 9. The predicted molar refractivity (Wildman–Crippen MR) is 138 cm³/mol. The first-order valence-electron chi connectivity index (χ1n) is 11.8. The van der Waals surface area contributed by atoms with E-state index in [2.05, 4.69) is 36.4 Å². The lowest BCUT2D eigenvalue weighted by molar-refractivity contribution is -0.128. The van der Waals surface area contributed by atoms with Crippen LogP contribution in [0.5, 0.6) is 0 Å². The van der Waals surface area contributed by atoms with Crippen molar-refractivity contribution in [3.05, 3.63) is 102 Å². The molecule has 0 radical (unpaired) electrons. The fraction of sp³-hybridized carbons (Fsp3) is 0.250. The number of hydrogen-bond donors (Lipinski definition) is 2. The number of aryl methyl sites for hydroxylation is 1. The number of benzene rings is 3. The van der Waals surface area contributed by atoms with Gasteiger partial charge in [-0.05, 0) is 53.5 Å². The Bertz CT molecular complexity index is 1260. The van der Waals surface area contributed by atoms with Crippen molar-refractivity contribution in [3.63, 3.8) is 0 Å². The summed E-state index contributed by atoms with van der Waals surface area (Å²) in [5.74, 6) is -0.885. The van der Waals surface area contributed by atoms with Gasteiger partial charge in [0.1, 0.15) is 0 Å². The third-order valence-electron chi connectivity index (χ3n) is 6.43. The molecule has 0 fully saturated rings. The lowest BCUT2D eigenvalue weighted by Gasteiger charge is -2.29. The van der Waals surface area contributed by atoms with Crippen LogP contribution in [0.2, 0.25) is 0 Å². The van der Waals surface area contributed by atoms with Crippen LogP contribution in [0.15, 0.2) is 91.0 Å². The number of hydrogen-bond acceptors (Lipinski definition) is 4. The van der Waals surface area contributed by atoms with E-state index >= 15 is 0 Å². The van der Waals surface area contributed by atoms with Crippen LogP contribution in [0.25, 0.3) is 16.7 Å². The maximum atomic E-state index is 13.3. The Labute approximate surface area is 206 Å². The zero-order valence-electron chi connectivity index (χ0n) is 19.5. The lowest BCUT2D eigenvalue weighted by atomic mass is 9.97. The van der Waals surface area contributed by atoms with Crippen molar-refractivity contribution < 1.29 is 18.4 Å². The highest BCUT2D eigenvalue weighted by molar-refractivity contribution is 7.90. The largest absolute Gasteiger partial charge is 0.289 e. The Morgan fingerprint density at radius 2 is 1.49 bits per heavy atom. The monoisotopic (exact) mass is 490 g/mol. The molecule has 4 rings (SSSR count). The van der Waals surface area contributed by atoms with E-state index in [0.29, 0.717) is 25.8 Å². The first kappa shape index (κ1) is 24.9. The smallest absolute Gasteiger partial charge is 0.263 e. The van der Waals surface area contributed by atoms with Gasteiger partial charge in [0, 0.05) is 13.1 Å².